The molecule has 1 N–H and O–H groups in total. The molecule has 3 rings (SSSR count). The molecule has 0 aliphatic carbocycles. The number of aromatic nitrogens is 2. The molecule has 0 amide bonds. The first-order valence-corrected chi connectivity index (χ1v) is 7.35. The number of alkyl halides is 3. The van der Waals surface area contributed by atoms with Crippen LogP contribution in [-0.4, -0.2) is 27.2 Å². The molecule has 2 aromatic carbocycles. The van der Waals surface area contributed by atoms with E-state index in [9.17, 15) is 18.0 Å². The molecule has 0 unspecified atom stereocenters. The number of halogens is 3. The number of carboxylic acids is 1. The number of carboxylic acid groups (broad SMARTS) is 1. The zero-order chi connectivity index (χ0) is 18.0. The molecule has 1 heterocycles. The number of carbonyl (C=O) groups is 1. The fraction of sp³-hybridized carbons (Fsp3) is 0.176. The largest absolute Gasteiger partial charge is 0.492 e. The summed E-state index contributed by atoms with van der Waals surface area (Å²) in [6.45, 7) is -0.140. The van der Waals surface area contributed by atoms with Gasteiger partial charge in [0.1, 0.15) is 17.9 Å². The minimum Gasteiger partial charge on any atom is -0.492 e. The van der Waals surface area contributed by atoms with Gasteiger partial charge in [-0.2, -0.15) is 13.2 Å². The Morgan fingerprint density at radius 2 is 1.84 bits per heavy atom. The Balaban J connectivity index is 1.97. The SMILES string of the molecule is O=C(O)c1cccc2c1nc(C(F)(F)F)n2CCOc1ccccc1. The number of para-hydroxylation sites is 2. The van der Waals surface area contributed by atoms with Gasteiger partial charge in [-0.15, -0.1) is 0 Å². The Kier molecular flexibility index (Phi) is 4.35. The second-order valence-electron chi connectivity index (χ2n) is 5.22. The van der Waals surface area contributed by atoms with Crippen molar-refractivity contribution >= 4 is 17.0 Å². The molecule has 0 fully saturated rings. The van der Waals surface area contributed by atoms with E-state index in [-0.39, 0.29) is 29.7 Å². The number of hydrogen-bond acceptors (Lipinski definition) is 3. The van der Waals surface area contributed by atoms with Gasteiger partial charge in [0.25, 0.3) is 0 Å². The molecule has 0 saturated heterocycles. The number of hydrogen-bond donors (Lipinski definition) is 1. The van der Waals surface area contributed by atoms with Gasteiger partial charge in [0.15, 0.2) is 0 Å². The zero-order valence-corrected chi connectivity index (χ0v) is 12.8. The number of rotatable bonds is 5. The van der Waals surface area contributed by atoms with E-state index in [0.29, 0.717) is 5.75 Å². The first-order valence-electron chi connectivity index (χ1n) is 7.35. The first-order chi connectivity index (χ1) is 11.9. The van der Waals surface area contributed by atoms with E-state index in [4.69, 9.17) is 9.84 Å². The summed E-state index contributed by atoms with van der Waals surface area (Å²) in [5.74, 6) is -1.94. The van der Waals surface area contributed by atoms with Gasteiger partial charge in [-0.1, -0.05) is 24.3 Å². The molecule has 8 heteroatoms. The molecule has 0 atom stereocenters. The van der Waals surface area contributed by atoms with Crippen LogP contribution in [0.15, 0.2) is 48.5 Å². The summed E-state index contributed by atoms with van der Waals surface area (Å²) < 4.78 is 46.3. The maximum Gasteiger partial charge on any atom is 0.449 e. The second-order valence-corrected chi connectivity index (χ2v) is 5.22. The van der Waals surface area contributed by atoms with Crippen molar-refractivity contribution < 1.29 is 27.8 Å². The fourth-order valence-electron chi connectivity index (χ4n) is 2.53. The van der Waals surface area contributed by atoms with E-state index in [1.54, 1.807) is 30.3 Å². The summed E-state index contributed by atoms with van der Waals surface area (Å²) in [5.41, 5.74) is -0.364. The van der Waals surface area contributed by atoms with Crippen molar-refractivity contribution in [3.8, 4) is 5.75 Å². The maximum absolute atomic E-state index is 13.3. The average Bonchev–Trinajstić information content (AvgIpc) is 2.95. The van der Waals surface area contributed by atoms with Gasteiger partial charge in [-0.3, -0.25) is 0 Å². The molecule has 0 bridgehead atoms. The Hall–Kier alpha value is -3.03. The third-order valence-electron chi connectivity index (χ3n) is 3.59. The van der Waals surface area contributed by atoms with E-state index in [0.717, 1.165) is 4.57 Å². The quantitative estimate of drug-likeness (QED) is 0.759. The summed E-state index contributed by atoms with van der Waals surface area (Å²) >= 11 is 0. The predicted molar refractivity (Wildman–Crippen MR) is 83.6 cm³/mol. The molecule has 3 aromatic rings. The Bertz CT molecular complexity index is 905. The number of benzene rings is 2. The van der Waals surface area contributed by atoms with Gasteiger partial charge in [0.05, 0.1) is 17.6 Å². The van der Waals surface area contributed by atoms with Crippen molar-refractivity contribution in [3.63, 3.8) is 0 Å². The highest BCUT2D eigenvalue weighted by atomic mass is 19.4. The lowest BCUT2D eigenvalue weighted by molar-refractivity contribution is -0.147. The number of aromatic carboxylic acids is 1. The molecular formula is C17H13F3N2O3. The molecule has 25 heavy (non-hydrogen) atoms. The lowest BCUT2D eigenvalue weighted by Gasteiger charge is -2.12. The van der Waals surface area contributed by atoms with Crippen molar-refractivity contribution in [3.05, 3.63) is 59.9 Å². The van der Waals surface area contributed by atoms with Crippen molar-refractivity contribution in [2.24, 2.45) is 0 Å². The van der Waals surface area contributed by atoms with Gasteiger partial charge in [0.2, 0.25) is 5.82 Å². The lowest BCUT2D eigenvalue weighted by Crippen LogP contribution is -2.18. The molecule has 0 aliphatic heterocycles. The van der Waals surface area contributed by atoms with Crippen molar-refractivity contribution in [2.45, 2.75) is 12.7 Å². The highest BCUT2D eigenvalue weighted by Crippen LogP contribution is 2.32. The van der Waals surface area contributed by atoms with Gasteiger partial charge < -0.3 is 14.4 Å². The topological polar surface area (TPSA) is 64.3 Å². The predicted octanol–water partition coefficient (Wildman–Crippen LogP) is 3.83. The van der Waals surface area contributed by atoms with Crippen LogP contribution in [0, 0.1) is 0 Å². The van der Waals surface area contributed by atoms with E-state index in [2.05, 4.69) is 4.98 Å². The van der Waals surface area contributed by atoms with E-state index >= 15 is 0 Å². The first kappa shape index (κ1) is 16.8. The summed E-state index contributed by atoms with van der Waals surface area (Å²) in [5, 5.41) is 9.16. The average molecular weight is 350 g/mol. The van der Waals surface area contributed by atoms with Gasteiger partial charge in [0, 0.05) is 0 Å². The van der Waals surface area contributed by atoms with Crippen LogP contribution < -0.4 is 4.74 Å². The molecule has 0 spiro atoms. The summed E-state index contributed by atoms with van der Waals surface area (Å²) in [6, 6.07) is 12.7. The van der Waals surface area contributed by atoms with Gasteiger partial charge in [-0.25, -0.2) is 9.78 Å². The van der Waals surface area contributed by atoms with Crippen LogP contribution >= 0.6 is 0 Å². The Morgan fingerprint density at radius 3 is 2.48 bits per heavy atom. The molecule has 0 radical (unpaired) electrons. The third-order valence-corrected chi connectivity index (χ3v) is 3.59. The van der Waals surface area contributed by atoms with Crippen LogP contribution in [0.3, 0.4) is 0 Å². The van der Waals surface area contributed by atoms with Crippen LogP contribution in [-0.2, 0) is 12.7 Å². The second kappa shape index (κ2) is 6.46. The van der Waals surface area contributed by atoms with Crippen LogP contribution in [0.2, 0.25) is 0 Å². The normalized spacial score (nSPS) is 11.6. The molecule has 0 aliphatic rings. The number of fused-ring (bicyclic) bond motifs is 1. The number of imidazole rings is 1. The fourth-order valence-corrected chi connectivity index (χ4v) is 2.53. The Labute approximate surface area is 140 Å². The third kappa shape index (κ3) is 3.42. The summed E-state index contributed by atoms with van der Waals surface area (Å²) in [7, 11) is 0. The van der Waals surface area contributed by atoms with Gasteiger partial charge in [-0.05, 0) is 24.3 Å². The monoisotopic (exact) mass is 350 g/mol. The standard InChI is InChI=1S/C17H13F3N2O3/c18-17(19,20)16-21-14-12(15(23)24)7-4-8-13(14)22(16)9-10-25-11-5-2-1-3-6-11/h1-8H,9-10H2,(H,23,24). The molecule has 0 saturated carbocycles. The Morgan fingerprint density at radius 1 is 1.12 bits per heavy atom. The highest BCUT2D eigenvalue weighted by Gasteiger charge is 2.38. The van der Waals surface area contributed by atoms with Crippen LogP contribution in [0.4, 0.5) is 13.2 Å². The van der Waals surface area contributed by atoms with Crippen molar-refractivity contribution in [1.82, 2.24) is 9.55 Å². The molecule has 130 valence electrons. The lowest BCUT2D eigenvalue weighted by atomic mass is 10.2. The summed E-state index contributed by atoms with van der Waals surface area (Å²) in [6.07, 6.45) is -4.71. The van der Waals surface area contributed by atoms with E-state index < -0.39 is 18.0 Å². The molecule has 5 nitrogen and oxygen atoms in total. The number of nitrogens with zero attached hydrogens (tertiary/aromatic N) is 2. The maximum atomic E-state index is 13.3. The molecule has 1 aromatic heterocycles. The van der Waals surface area contributed by atoms with Crippen LogP contribution in [0.25, 0.3) is 11.0 Å². The number of ether oxygens (including phenoxy) is 1. The molecular weight excluding hydrogens is 337 g/mol. The minimum absolute atomic E-state index is 0.0180. The van der Waals surface area contributed by atoms with E-state index in [1.807, 2.05) is 0 Å². The van der Waals surface area contributed by atoms with Crippen molar-refractivity contribution in [2.75, 3.05) is 6.61 Å². The smallest absolute Gasteiger partial charge is 0.449 e. The van der Waals surface area contributed by atoms with Crippen molar-refractivity contribution in [1.29, 1.82) is 0 Å². The minimum atomic E-state index is -4.71. The zero-order valence-electron chi connectivity index (χ0n) is 12.8. The summed E-state index contributed by atoms with van der Waals surface area (Å²) in [4.78, 5) is 14.8. The highest BCUT2D eigenvalue weighted by molar-refractivity contribution is 6.01. The van der Waals surface area contributed by atoms with E-state index in [1.165, 1.54) is 18.2 Å². The van der Waals surface area contributed by atoms with Gasteiger partial charge >= 0.3 is 12.1 Å². The van der Waals surface area contributed by atoms with Crippen LogP contribution in [0.5, 0.6) is 5.75 Å². The van der Waals surface area contributed by atoms with Crippen LogP contribution in [0.1, 0.15) is 16.2 Å².